The molecule has 1 saturated heterocycles. The van der Waals surface area contributed by atoms with Crippen LogP contribution in [0.1, 0.15) is 34.6 Å². The standard InChI is InChI=1S/C24H31NO4Si/c1-16(23(27)28)21-20(22(26)25-21)17(2)29-30(24(3,4)5,18-12-8-6-9-13-18)19-14-10-7-11-15-19/h6-17,20-21H,1-5H3,(H,25,26)(H,27,28)/t16-,17-,20-,21-/m1/s1. The Balaban J connectivity index is 2.07. The van der Waals surface area contributed by atoms with Crippen LogP contribution < -0.4 is 15.7 Å². The molecule has 2 N–H and O–H groups in total. The second kappa shape index (κ2) is 8.36. The summed E-state index contributed by atoms with van der Waals surface area (Å²) in [5.74, 6) is -2.21. The Kier molecular flexibility index (Phi) is 6.20. The average molecular weight is 426 g/mol. The molecule has 1 heterocycles. The molecule has 1 aliphatic rings. The molecule has 0 aliphatic carbocycles. The highest BCUT2D eigenvalue weighted by Gasteiger charge is 2.55. The van der Waals surface area contributed by atoms with Crippen molar-refractivity contribution in [1.29, 1.82) is 0 Å². The van der Waals surface area contributed by atoms with Gasteiger partial charge in [-0.3, -0.25) is 9.59 Å². The molecule has 5 nitrogen and oxygen atoms in total. The quantitative estimate of drug-likeness (QED) is 0.528. The van der Waals surface area contributed by atoms with Crippen LogP contribution in [0.4, 0.5) is 0 Å². The zero-order chi connectivity index (χ0) is 22.1. The monoisotopic (exact) mass is 425 g/mol. The molecule has 1 amide bonds. The van der Waals surface area contributed by atoms with Gasteiger partial charge in [-0.15, -0.1) is 0 Å². The predicted molar refractivity (Wildman–Crippen MR) is 120 cm³/mol. The van der Waals surface area contributed by atoms with Gasteiger partial charge in [0.15, 0.2) is 0 Å². The van der Waals surface area contributed by atoms with Crippen molar-refractivity contribution in [3.63, 3.8) is 0 Å². The lowest BCUT2D eigenvalue weighted by Crippen LogP contribution is -2.71. The first-order valence-corrected chi connectivity index (χ1v) is 12.3. The van der Waals surface area contributed by atoms with Gasteiger partial charge in [0, 0.05) is 0 Å². The summed E-state index contributed by atoms with van der Waals surface area (Å²) < 4.78 is 6.99. The van der Waals surface area contributed by atoms with Gasteiger partial charge in [-0.2, -0.15) is 0 Å². The van der Waals surface area contributed by atoms with Crippen LogP contribution in [0, 0.1) is 11.8 Å². The number of nitrogens with one attached hydrogen (secondary N) is 1. The van der Waals surface area contributed by atoms with Gasteiger partial charge in [-0.25, -0.2) is 0 Å². The zero-order valence-electron chi connectivity index (χ0n) is 18.3. The Morgan fingerprint density at radius 2 is 1.47 bits per heavy atom. The van der Waals surface area contributed by atoms with E-state index >= 15 is 0 Å². The van der Waals surface area contributed by atoms with Crippen molar-refractivity contribution in [3.05, 3.63) is 60.7 Å². The van der Waals surface area contributed by atoms with Crippen LogP contribution in [-0.2, 0) is 14.0 Å². The molecule has 1 aliphatic heterocycles. The number of hydrogen-bond donors (Lipinski definition) is 2. The molecular weight excluding hydrogens is 394 g/mol. The molecule has 2 aromatic carbocycles. The van der Waals surface area contributed by atoms with Gasteiger partial charge in [0.2, 0.25) is 5.91 Å². The van der Waals surface area contributed by atoms with Crippen molar-refractivity contribution in [2.45, 2.75) is 51.8 Å². The van der Waals surface area contributed by atoms with Crippen LogP contribution in [0.25, 0.3) is 0 Å². The third-order valence-corrected chi connectivity index (χ3v) is 11.3. The molecule has 0 bridgehead atoms. The third kappa shape index (κ3) is 3.82. The Bertz CT molecular complexity index is 855. The number of hydrogen-bond acceptors (Lipinski definition) is 3. The van der Waals surface area contributed by atoms with Crippen molar-refractivity contribution in [1.82, 2.24) is 5.32 Å². The van der Waals surface area contributed by atoms with E-state index in [-0.39, 0.29) is 10.9 Å². The van der Waals surface area contributed by atoms with E-state index in [1.807, 2.05) is 43.3 Å². The van der Waals surface area contributed by atoms with Crippen molar-refractivity contribution < 1.29 is 19.1 Å². The van der Waals surface area contributed by atoms with Gasteiger partial charge in [0.05, 0.1) is 24.0 Å². The van der Waals surface area contributed by atoms with Crippen LogP contribution in [-0.4, -0.2) is 37.4 Å². The van der Waals surface area contributed by atoms with Crippen molar-refractivity contribution >= 4 is 30.6 Å². The van der Waals surface area contributed by atoms with E-state index in [1.165, 1.54) is 0 Å². The molecule has 0 saturated carbocycles. The highest BCUT2D eigenvalue weighted by molar-refractivity contribution is 6.99. The fourth-order valence-corrected chi connectivity index (χ4v) is 9.27. The first-order chi connectivity index (χ1) is 14.1. The lowest BCUT2D eigenvalue weighted by Gasteiger charge is -2.49. The second-order valence-electron chi connectivity index (χ2n) is 9.17. The van der Waals surface area contributed by atoms with E-state index in [0.717, 1.165) is 10.4 Å². The third-order valence-electron chi connectivity index (χ3n) is 6.21. The minimum Gasteiger partial charge on any atom is -0.481 e. The number of benzene rings is 2. The van der Waals surface area contributed by atoms with Gasteiger partial charge in [-0.05, 0) is 29.3 Å². The first kappa shape index (κ1) is 22.2. The summed E-state index contributed by atoms with van der Waals surface area (Å²) in [6.07, 6.45) is -0.420. The molecule has 30 heavy (non-hydrogen) atoms. The van der Waals surface area contributed by atoms with Crippen LogP contribution in [0.5, 0.6) is 0 Å². The average Bonchev–Trinajstić information content (AvgIpc) is 2.69. The number of carbonyl (C=O) groups excluding carboxylic acids is 1. The van der Waals surface area contributed by atoms with E-state index < -0.39 is 38.3 Å². The lowest BCUT2D eigenvalue weighted by atomic mass is 9.79. The molecule has 0 aromatic heterocycles. The fourth-order valence-electron chi connectivity index (χ4n) is 4.56. The fraction of sp³-hybridized carbons (Fsp3) is 0.417. The van der Waals surface area contributed by atoms with Gasteiger partial charge >= 0.3 is 5.97 Å². The van der Waals surface area contributed by atoms with Gasteiger partial charge in [0.1, 0.15) is 0 Å². The molecule has 3 rings (SSSR count). The molecule has 160 valence electrons. The van der Waals surface area contributed by atoms with E-state index in [0.29, 0.717) is 0 Å². The summed E-state index contributed by atoms with van der Waals surface area (Å²) in [6.45, 7) is 10.1. The second-order valence-corrected chi connectivity index (χ2v) is 13.4. The Morgan fingerprint density at radius 3 is 1.83 bits per heavy atom. The molecule has 0 radical (unpaired) electrons. The number of amides is 1. The Labute approximate surface area is 179 Å². The predicted octanol–water partition coefficient (Wildman–Crippen LogP) is 2.79. The molecule has 2 aromatic rings. The first-order valence-electron chi connectivity index (χ1n) is 10.4. The van der Waals surface area contributed by atoms with Crippen molar-refractivity contribution in [2.24, 2.45) is 11.8 Å². The van der Waals surface area contributed by atoms with Crippen LogP contribution in [0.3, 0.4) is 0 Å². The highest BCUT2D eigenvalue weighted by atomic mass is 28.4. The van der Waals surface area contributed by atoms with E-state index in [4.69, 9.17) is 4.43 Å². The maximum Gasteiger partial charge on any atom is 0.308 e. The molecule has 4 atom stereocenters. The number of aliphatic carboxylic acids is 1. The number of carboxylic acids is 1. The molecule has 0 unspecified atom stereocenters. The maximum atomic E-state index is 12.4. The lowest BCUT2D eigenvalue weighted by molar-refractivity contribution is -0.151. The summed E-state index contributed by atoms with van der Waals surface area (Å²) in [5, 5.41) is 14.3. The number of carbonyl (C=O) groups is 2. The Hall–Kier alpha value is -2.44. The van der Waals surface area contributed by atoms with Crippen LogP contribution in [0.2, 0.25) is 5.04 Å². The summed E-state index contributed by atoms with van der Waals surface area (Å²) in [7, 11) is -2.81. The summed E-state index contributed by atoms with van der Waals surface area (Å²) in [5.41, 5.74) is 0. The summed E-state index contributed by atoms with van der Waals surface area (Å²) in [4.78, 5) is 24.0. The Morgan fingerprint density at radius 1 is 1.00 bits per heavy atom. The maximum absolute atomic E-state index is 12.4. The minimum absolute atomic E-state index is 0.140. The molecule has 1 fully saturated rings. The van der Waals surface area contributed by atoms with Crippen LogP contribution in [0.15, 0.2) is 60.7 Å². The molecule has 6 heteroatoms. The SMILES string of the molecule is C[C@@H](O[Si](c1ccccc1)(c1ccccc1)C(C)(C)C)[C@H]1C(=O)N[C@@H]1[C@@H](C)C(=O)O. The smallest absolute Gasteiger partial charge is 0.308 e. The minimum atomic E-state index is -2.81. The zero-order valence-corrected chi connectivity index (χ0v) is 19.3. The van der Waals surface area contributed by atoms with E-state index in [9.17, 15) is 14.7 Å². The number of β-lactam (4-membered cyclic amide) rings is 1. The van der Waals surface area contributed by atoms with Gasteiger partial charge in [-0.1, -0.05) is 81.4 Å². The van der Waals surface area contributed by atoms with Gasteiger partial charge < -0.3 is 14.8 Å². The van der Waals surface area contributed by atoms with E-state index in [2.05, 4.69) is 50.4 Å². The molecule has 0 spiro atoms. The largest absolute Gasteiger partial charge is 0.481 e. The number of carboxylic acid groups (broad SMARTS) is 1. The summed E-state index contributed by atoms with van der Waals surface area (Å²) >= 11 is 0. The van der Waals surface area contributed by atoms with Crippen molar-refractivity contribution in [3.8, 4) is 0 Å². The number of rotatable bonds is 7. The normalized spacial score (nSPS) is 21.3. The highest BCUT2D eigenvalue weighted by Crippen LogP contribution is 2.39. The van der Waals surface area contributed by atoms with Crippen molar-refractivity contribution in [2.75, 3.05) is 0 Å². The van der Waals surface area contributed by atoms with Gasteiger partial charge in [0.25, 0.3) is 8.32 Å². The van der Waals surface area contributed by atoms with E-state index in [1.54, 1.807) is 6.92 Å². The summed E-state index contributed by atoms with van der Waals surface area (Å²) in [6, 6.07) is 20.1. The van der Waals surface area contributed by atoms with Crippen LogP contribution >= 0.6 is 0 Å². The topological polar surface area (TPSA) is 75.6 Å². The molecular formula is C24H31NO4Si.